The van der Waals surface area contributed by atoms with Gasteiger partial charge in [0.05, 0.1) is 16.6 Å². The summed E-state index contributed by atoms with van der Waals surface area (Å²) in [7, 11) is 0. The highest BCUT2D eigenvalue weighted by molar-refractivity contribution is 9.10. The van der Waals surface area contributed by atoms with Crippen LogP contribution in [0.5, 0.6) is 0 Å². The summed E-state index contributed by atoms with van der Waals surface area (Å²) in [4.78, 5) is 8.02. The Morgan fingerprint density at radius 2 is 2.10 bits per heavy atom. The Balaban J connectivity index is 2.11. The van der Waals surface area contributed by atoms with E-state index in [2.05, 4.69) is 25.9 Å². The first kappa shape index (κ1) is 13.7. The van der Waals surface area contributed by atoms with Gasteiger partial charge in [-0.05, 0) is 22.0 Å². The van der Waals surface area contributed by atoms with E-state index in [-0.39, 0.29) is 6.61 Å². The molecular formula is C11H13BrN4O4. The fraction of sp³-hybridized carbons (Fsp3) is 0.455. The topological polar surface area (TPSA) is 127 Å². The largest absolute Gasteiger partial charge is 0.394 e. The van der Waals surface area contributed by atoms with Gasteiger partial charge in [0.1, 0.15) is 36.1 Å². The van der Waals surface area contributed by atoms with Gasteiger partial charge in [-0.3, -0.25) is 4.57 Å². The van der Waals surface area contributed by atoms with E-state index in [0.717, 1.165) is 0 Å². The van der Waals surface area contributed by atoms with Gasteiger partial charge in [-0.15, -0.1) is 0 Å². The smallest absolute Gasteiger partial charge is 0.165 e. The van der Waals surface area contributed by atoms with E-state index in [1.54, 1.807) is 10.6 Å². The molecule has 0 radical (unpaired) electrons. The van der Waals surface area contributed by atoms with E-state index in [9.17, 15) is 10.2 Å². The molecule has 0 saturated carbocycles. The zero-order valence-electron chi connectivity index (χ0n) is 10.2. The van der Waals surface area contributed by atoms with Gasteiger partial charge in [0.15, 0.2) is 6.23 Å². The lowest BCUT2D eigenvalue weighted by Crippen LogP contribution is -2.33. The Hall–Kier alpha value is -1.26. The normalized spacial score (nSPS) is 30.2. The lowest BCUT2D eigenvalue weighted by atomic mass is 10.1. The second-order valence-electron chi connectivity index (χ2n) is 4.56. The molecule has 0 aliphatic carbocycles. The molecule has 0 spiro atoms. The minimum Gasteiger partial charge on any atom is -0.394 e. The highest BCUT2D eigenvalue weighted by Crippen LogP contribution is 2.36. The Kier molecular flexibility index (Phi) is 3.38. The number of halogens is 1. The van der Waals surface area contributed by atoms with Crippen LogP contribution in [0.4, 0.5) is 5.82 Å². The lowest BCUT2D eigenvalue weighted by molar-refractivity contribution is -0.0518. The summed E-state index contributed by atoms with van der Waals surface area (Å²) in [6.07, 6.45) is -2.77. The lowest BCUT2D eigenvalue weighted by Gasteiger charge is -2.18. The molecule has 4 atom stereocenters. The number of aromatic nitrogens is 3. The van der Waals surface area contributed by atoms with Crippen LogP contribution >= 0.6 is 15.9 Å². The number of fused-ring (bicyclic) bond motifs is 1. The quantitative estimate of drug-likeness (QED) is 0.572. The zero-order chi connectivity index (χ0) is 14.4. The molecule has 20 heavy (non-hydrogen) atoms. The van der Waals surface area contributed by atoms with Gasteiger partial charge < -0.3 is 25.8 Å². The van der Waals surface area contributed by atoms with E-state index in [1.807, 2.05) is 0 Å². The van der Waals surface area contributed by atoms with Crippen LogP contribution in [0, 0.1) is 0 Å². The third-order valence-electron chi connectivity index (χ3n) is 3.39. The van der Waals surface area contributed by atoms with Crippen LogP contribution in [0.15, 0.2) is 17.0 Å². The monoisotopic (exact) mass is 344 g/mol. The third-order valence-corrected chi connectivity index (χ3v) is 4.00. The van der Waals surface area contributed by atoms with Gasteiger partial charge in [0, 0.05) is 0 Å². The van der Waals surface area contributed by atoms with Gasteiger partial charge in [-0.25, -0.2) is 9.97 Å². The molecule has 9 heteroatoms. The second-order valence-corrected chi connectivity index (χ2v) is 5.37. The van der Waals surface area contributed by atoms with Crippen LogP contribution in [-0.2, 0) is 4.74 Å². The van der Waals surface area contributed by atoms with Crippen molar-refractivity contribution in [2.45, 2.75) is 24.5 Å². The first-order chi connectivity index (χ1) is 9.54. The Bertz CT molecular complexity index is 649. The van der Waals surface area contributed by atoms with Crippen LogP contribution in [0.1, 0.15) is 6.23 Å². The summed E-state index contributed by atoms with van der Waals surface area (Å²) in [5, 5.41) is 29.6. The molecule has 0 bridgehead atoms. The molecule has 1 aliphatic rings. The standard InChI is InChI=1S/C11H13BrN4O4/c12-6-1-4-9(13)14-3-15-10(4)16(6)11-8(19)7(18)5(2-17)20-11/h1,3,5,7-8,11,17-19H,2H2,(H2,13,14,15). The molecule has 2 aromatic heterocycles. The van der Waals surface area contributed by atoms with Crippen molar-refractivity contribution in [2.24, 2.45) is 0 Å². The van der Waals surface area contributed by atoms with Crippen molar-refractivity contribution < 1.29 is 20.1 Å². The molecule has 0 aromatic carbocycles. The van der Waals surface area contributed by atoms with Crippen LogP contribution in [0.25, 0.3) is 11.0 Å². The molecule has 3 heterocycles. The molecule has 1 aliphatic heterocycles. The first-order valence-corrected chi connectivity index (χ1v) is 6.73. The summed E-state index contributed by atoms with van der Waals surface area (Å²) in [6.45, 7) is -0.386. The van der Waals surface area contributed by atoms with Crippen molar-refractivity contribution in [1.29, 1.82) is 0 Å². The van der Waals surface area contributed by atoms with E-state index in [4.69, 9.17) is 15.6 Å². The maximum Gasteiger partial charge on any atom is 0.165 e. The summed E-state index contributed by atoms with van der Waals surface area (Å²) in [6, 6.07) is 1.71. The average molecular weight is 345 g/mol. The minimum atomic E-state index is -1.18. The van der Waals surface area contributed by atoms with Crippen LogP contribution in [0.3, 0.4) is 0 Å². The first-order valence-electron chi connectivity index (χ1n) is 5.94. The molecule has 108 valence electrons. The van der Waals surface area contributed by atoms with Crippen LogP contribution < -0.4 is 5.73 Å². The number of nitrogens with zero attached hydrogens (tertiary/aromatic N) is 3. The molecule has 2 aromatic rings. The molecule has 5 N–H and O–H groups in total. The van der Waals surface area contributed by atoms with Gasteiger partial charge in [0.2, 0.25) is 0 Å². The van der Waals surface area contributed by atoms with Gasteiger partial charge in [0.25, 0.3) is 0 Å². The number of aliphatic hydroxyl groups is 3. The maximum atomic E-state index is 10.1. The van der Waals surface area contributed by atoms with Gasteiger partial charge in [-0.2, -0.15) is 0 Å². The van der Waals surface area contributed by atoms with Gasteiger partial charge in [-0.1, -0.05) is 0 Å². The number of hydrogen-bond donors (Lipinski definition) is 4. The molecule has 1 saturated heterocycles. The van der Waals surface area contributed by atoms with Crippen LogP contribution in [-0.4, -0.2) is 54.8 Å². The van der Waals surface area contributed by atoms with Crippen molar-refractivity contribution >= 4 is 32.8 Å². The zero-order valence-corrected chi connectivity index (χ0v) is 11.8. The number of rotatable bonds is 2. The minimum absolute atomic E-state index is 0.307. The van der Waals surface area contributed by atoms with E-state index in [0.29, 0.717) is 21.5 Å². The Morgan fingerprint density at radius 3 is 2.75 bits per heavy atom. The van der Waals surface area contributed by atoms with Crippen molar-refractivity contribution in [1.82, 2.24) is 14.5 Å². The van der Waals surface area contributed by atoms with Crippen molar-refractivity contribution in [2.75, 3.05) is 12.3 Å². The van der Waals surface area contributed by atoms with Crippen LogP contribution in [0.2, 0.25) is 0 Å². The summed E-state index contributed by atoms with van der Waals surface area (Å²) in [5.74, 6) is 0.307. The predicted octanol–water partition coefficient (Wildman–Crippen LogP) is -0.613. The molecule has 4 unspecified atom stereocenters. The van der Waals surface area contributed by atoms with Crippen molar-refractivity contribution in [3.63, 3.8) is 0 Å². The number of anilines is 1. The highest BCUT2D eigenvalue weighted by atomic mass is 79.9. The maximum absolute atomic E-state index is 10.1. The summed E-state index contributed by atoms with van der Waals surface area (Å²) in [5.41, 5.74) is 6.25. The number of hydrogen-bond acceptors (Lipinski definition) is 7. The number of nitrogen functional groups attached to an aromatic ring is 1. The molecule has 3 rings (SSSR count). The molecular weight excluding hydrogens is 332 g/mol. The summed E-state index contributed by atoms with van der Waals surface area (Å²) >= 11 is 3.35. The average Bonchev–Trinajstić information content (AvgIpc) is 2.90. The molecule has 0 amide bonds. The van der Waals surface area contributed by atoms with Crippen molar-refractivity contribution in [3.05, 3.63) is 17.0 Å². The third kappa shape index (κ3) is 1.90. The van der Waals surface area contributed by atoms with E-state index in [1.165, 1.54) is 6.33 Å². The van der Waals surface area contributed by atoms with Gasteiger partial charge >= 0.3 is 0 Å². The highest BCUT2D eigenvalue weighted by Gasteiger charge is 2.44. The SMILES string of the molecule is Nc1ncnc2c1cc(Br)n2C1OC(CO)C(O)C1O. The predicted molar refractivity (Wildman–Crippen MR) is 72.6 cm³/mol. The summed E-state index contributed by atoms with van der Waals surface area (Å²) < 4.78 is 7.63. The molecule has 8 nitrogen and oxygen atoms in total. The fourth-order valence-electron chi connectivity index (χ4n) is 2.36. The fourth-order valence-corrected chi connectivity index (χ4v) is 2.95. The second kappa shape index (κ2) is 4.93. The molecule has 1 fully saturated rings. The number of nitrogens with two attached hydrogens (primary N) is 1. The number of aliphatic hydroxyl groups excluding tert-OH is 3. The van der Waals surface area contributed by atoms with E-state index >= 15 is 0 Å². The van der Waals surface area contributed by atoms with E-state index < -0.39 is 24.5 Å². The number of ether oxygens (including phenoxy) is 1. The Labute approximate surface area is 121 Å². The van der Waals surface area contributed by atoms with Crippen molar-refractivity contribution in [3.8, 4) is 0 Å². The Morgan fingerprint density at radius 1 is 1.35 bits per heavy atom.